The van der Waals surface area contributed by atoms with Gasteiger partial charge in [0.2, 0.25) is 11.8 Å². The van der Waals surface area contributed by atoms with Gasteiger partial charge in [-0.3, -0.25) is 4.79 Å². The summed E-state index contributed by atoms with van der Waals surface area (Å²) in [5.74, 6) is 2.36. The molecule has 3 aromatic rings. The van der Waals surface area contributed by atoms with Gasteiger partial charge in [0, 0.05) is 76.7 Å². The Morgan fingerprint density at radius 3 is 2.57 bits per heavy atom. The highest BCUT2D eigenvalue weighted by Crippen LogP contribution is 2.44. The second-order valence-electron chi connectivity index (χ2n) is 13.8. The van der Waals surface area contributed by atoms with Crippen molar-refractivity contribution in [3.63, 3.8) is 0 Å². The predicted octanol–water partition coefficient (Wildman–Crippen LogP) is 5.17. The fraction of sp³-hybridized carbons (Fsp3) is 0.606. The minimum atomic E-state index is -1.23. The van der Waals surface area contributed by atoms with Crippen molar-refractivity contribution in [3.05, 3.63) is 30.6 Å². The molecule has 1 saturated heterocycles. The topological polar surface area (TPSA) is 94.0 Å². The number of hydrogen-bond donors (Lipinski definition) is 1. The number of hydrogen-bond acceptors (Lipinski definition) is 8. The van der Waals surface area contributed by atoms with Gasteiger partial charge >= 0.3 is 0 Å². The second-order valence-corrected chi connectivity index (χ2v) is 19.4. The number of carbonyl (C=O) groups excluding carboxylic acids is 1. The van der Waals surface area contributed by atoms with Crippen molar-refractivity contribution in [2.24, 2.45) is 11.8 Å². The fourth-order valence-electron chi connectivity index (χ4n) is 5.97. The minimum Gasteiger partial charge on any atom is -0.490 e. The van der Waals surface area contributed by atoms with Crippen LogP contribution in [0.3, 0.4) is 0 Å². The van der Waals surface area contributed by atoms with E-state index >= 15 is 0 Å². The van der Waals surface area contributed by atoms with Gasteiger partial charge in [-0.1, -0.05) is 26.6 Å². The van der Waals surface area contributed by atoms with Gasteiger partial charge in [0.25, 0.3) is 0 Å². The van der Waals surface area contributed by atoms with E-state index in [-0.39, 0.29) is 17.9 Å². The van der Waals surface area contributed by atoms with Crippen LogP contribution in [0.25, 0.3) is 22.2 Å². The lowest BCUT2D eigenvalue weighted by molar-refractivity contribution is -0.117. The van der Waals surface area contributed by atoms with Gasteiger partial charge in [-0.05, 0) is 56.0 Å². The zero-order valence-corrected chi connectivity index (χ0v) is 28.0. The van der Waals surface area contributed by atoms with Crippen LogP contribution in [-0.2, 0) is 16.3 Å². The average Bonchev–Trinajstić information content (AvgIpc) is 3.94. The smallest absolute Gasteiger partial charge is 0.228 e. The lowest BCUT2D eigenvalue weighted by atomic mass is 10.1. The van der Waals surface area contributed by atoms with Crippen LogP contribution in [-0.4, -0.2) is 97.4 Å². The third-order valence-electron chi connectivity index (χ3n) is 9.02. The molecule has 11 heteroatoms. The number of aromatic nitrogens is 3. The number of fused-ring (bicyclic) bond motifs is 1. The number of carbonyl (C=O) groups is 1. The Bertz CT molecular complexity index is 1460. The monoisotopic (exact) mass is 620 g/mol. The Morgan fingerprint density at radius 2 is 1.86 bits per heavy atom. The molecule has 2 aliphatic carbocycles. The van der Waals surface area contributed by atoms with Crippen LogP contribution in [0.2, 0.25) is 25.7 Å². The summed E-state index contributed by atoms with van der Waals surface area (Å²) in [5, 5.41) is 4.05. The molecule has 1 aliphatic heterocycles. The molecule has 4 heterocycles. The first-order valence-electron chi connectivity index (χ1n) is 16.3. The van der Waals surface area contributed by atoms with Crippen molar-refractivity contribution in [2.75, 3.05) is 58.3 Å². The first kappa shape index (κ1) is 31.0. The third kappa shape index (κ3) is 7.44. The van der Waals surface area contributed by atoms with E-state index in [9.17, 15) is 4.79 Å². The van der Waals surface area contributed by atoms with Crippen molar-refractivity contribution in [2.45, 2.75) is 64.7 Å². The van der Waals surface area contributed by atoms with E-state index in [1.807, 2.05) is 29.0 Å². The van der Waals surface area contributed by atoms with Gasteiger partial charge in [-0.15, -0.1) is 0 Å². The van der Waals surface area contributed by atoms with Crippen LogP contribution in [0.5, 0.6) is 11.6 Å². The van der Waals surface area contributed by atoms with Crippen molar-refractivity contribution in [3.8, 4) is 22.8 Å². The van der Waals surface area contributed by atoms with E-state index < -0.39 is 8.07 Å². The minimum absolute atomic E-state index is 0.0470. The Kier molecular flexibility index (Phi) is 9.28. The summed E-state index contributed by atoms with van der Waals surface area (Å²) in [7, 11) is 0.405. The van der Waals surface area contributed by atoms with Crippen molar-refractivity contribution >= 4 is 30.8 Å². The van der Waals surface area contributed by atoms with Crippen molar-refractivity contribution in [1.29, 1.82) is 0 Å². The number of likely N-dealkylation sites (N-methyl/N-ethyl adjacent to an activating group) is 1. The zero-order valence-electron chi connectivity index (χ0n) is 27.0. The Hall–Kier alpha value is -2.99. The maximum atomic E-state index is 13.3. The zero-order chi connectivity index (χ0) is 30.8. The van der Waals surface area contributed by atoms with Crippen LogP contribution in [0.15, 0.2) is 30.6 Å². The molecule has 3 aromatic heterocycles. The van der Waals surface area contributed by atoms with Crippen LogP contribution in [0.1, 0.15) is 26.2 Å². The summed E-state index contributed by atoms with van der Waals surface area (Å²) in [6, 6.07) is 6.91. The Labute approximate surface area is 262 Å². The van der Waals surface area contributed by atoms with E-state index in [0.29, 0.717) is 31.0 Å². The summed E-state index contributed by atoms with van der Waals surface area (Å²) in [6.07, 6.45) is 7.05. The number of methoxy groups -OCH3 is 1. The number of piperazine rings is 1. The van der Waals surface area contributed by atoms with E-state index in [2.05, 4.69) is 46.7 Å². The molecule has 6 rings (SSSR count). The molecule has 0 aromatic carbocycles. The highest BCUT2D eigenvalue weighted by molar-refractivity contribution is 6.76. The van der Waals surface area contributed by atoms with E-state index in [0.717, 1.165) is 92.5 Å². The summed E-state index contributed by atoms with van der Waals surface area (Å²) in [4.78, 5) is 27.7. The molecular formula is C33H48N6O4Si. The molecule has 0 bridgehead atoms. The van der Waals surface area contributed by atoms with Crippen molar-refractivity contribution < 1.29 is 19.0 Å². The maximum absolute atomic E-state index is 13.3. The molecule has 2 unspecified atom stereocenters. The van der Waals surface area contributed by atoms with E-state index in [4.69, 9.17) is 19.2 Å². The number of nitrogens with zero attached hydrogens (tertiary/aromatic N) is 5. The number of amides is 1. The van der Waals surface area contributed by atoms with Gasteiger partial charge in [0.15, 0.2) is 0 Å². The second kappa shape index (κ2) is 13.2. The molecule has 44 heavy (non-hydrogen) atoms. The average molecular weight is 621 g/mol. The molecule has 10 nitrogen and oxygen atoms in total. The summed E-state index contributed by atoms with van der Waals surface area (Å²) in [6.45, 7) is 16.9. The van der Waals surface area contributed by atoms with E-state index in [1.54, 1.807) is 13.3 Å². The summed E-state index contributed by atoms with van der Waals surface area (Å²) >= 11 is 0. The molecule has 3 aliphatic rings. The molecule has 0 radical (unpaired) electrons. The van der Waals surface area contributed by atoms with Gasteiger partial charge < -0.3 is 33.9 Å². The first-order chi connectivity index (χ1) is 21.2. The highest BCUT2D eigenvalue weighted by atomic mass is 28.3. The predicted molar refractivity (Wildman–Crippen MR) is 176 cm³/mol. The maximum Gasteiger partial charge on any atom is 0.228 e. The highest BCUT2D eigenvalue weighted by Gasteiger charge is 2.44. The van der Waals surface area contributed by atoms with Gasteiger partial charge in [-0.2, -0.15) is 0 Å². The largest absolute Gasteiger partial charge is 0.490 e. The molecule has 2 saturated carbocycles. The summed E-state index contributed by atoms with van der Waals surface area (Å²) in [5.41, 5.74) is 2.48. The SMILES string of the molecule is CCN1CCN(CC2CC2C(=O)Nc2ccc3c(-c4c(OC5CC5)ccnc4OC)cn(COCC[Si](C)(C)C)c3n2)CC1. The van der Waals surface area contributed by atoms with Crippen LogP contribution in [0.4, 0.5) is 5.82 Å². The molecule has 0 spiro atoms. The van der Waals surface area contributed by atoms with Gasteiger partial charge in [0.05, 0.1) is 18.8 Å². The lowest BCUT2D eigenvalue weighted by Crippen LogP contribution is -2.46. The molecule has 1 amide bonds. The number of rotatable bonds is 14. The third-order valence-corrected chi connectivity index (χ3v) is 10.7. The molecule has 3 fully saturated rings. The molecule has 2 atom stereocenters. The van der Waals surface area contributed by atoms with Crippen molar-refractivity contribution in [1.82, 2.24) is 24.3 Å². The first-order valence-corrected chi connectivity index (χ1v) is 20.0. The normalized spacial score (nSPS) is 21.0. The van der Waals surface area contributed by atoms with Crippen LogP contribution in [0, 0.1) is 11.8 Å². The van der Waals surface area contributed by atoms with E-state index in [1.165, 1.54) is 0 Å². The number of ether oxygens (including phenoxy) is 3. The Balaban J connectivity index is 1.22. The van der Waals surface area contributed by atoms with Crippen LogP contribution >= 0.6 is 0 Å². The van der Waals surface area contributed by atoms with Gasteiger partial charge in [0.1, 0.15) is 23.9 Å². The quantitative estimate of drug-likeness (QED) is 0.195. The molecule has 238 valence electrons. The summed E-state index contributed by atoms with van der Waals surface area (Å²) < 4.78 is 20.2. The molecule has 1 N–H and O–H groups in total. The fourth-order valence-corrected chi connectivity index (χ4v) is 6.73. The number of anilines is 1. The number of nitrogens with one attached hydrogen (secondary N) is 1. The molecular weight excluding hydrogens is 572 g/mol. The lowest BCUT2D eigenvalue weighted by Gasteiger charge is -2.34. The Morgan fingerprint density at radius 1 is 1.09 bits per heavy atom. The number of pyridine rings is 2. The standard InChI is InChI=1S/C33H48N6O4Si/c1-6-37-13-15-38(16-14-37)20-23-19-26(23)32(40)36-29-10-9-25-27(21-39(31(25)35-29)22-42-17-18-44(3,4)5)30-28(43-24-7-8-24)11-12-34-33(30)41-2/h9-12,21,23-24,26H,6-8,13-20,22H2,1-5H3,(H,35,36,40). The van der Waals surface area contributed by atoms with Crippen LogP contribution < -0.4 is 14.8 Å². The van der Waals surface area contributed by atoms with Gasteiger partial charge in [-0.25, -0.2) is 9.97 Å².